The van der Waals surface area contributed by atoms with Crippen LogP contribution < -0.4 is 10.2 Å². The zero-order valence-electron chi connectivity index (χ0n) is 12.1. The SMILES string of the molecule is COCCNCC1CCN(c2cc(C)ccn2)CC1. The maximum absolute atomic E-state index is 5.04. The van der Waals surface area contributed by atoms with Gasteiger partial charge in [0.15, 0.2) is 0 Å². The van der Waals surface area contributed by atoms with Crippen LogP contribution in [0, 0.1) is 12.8 Å². The van der Waals surface area contributed by atoms with E-state index in [0.29, 0.717) is 0 Å². The summed E-state index contributed by atoms with van der Waals surface area (Å²) in [4.78, 5) is 6.87. The molecule has 0 bridgehead atoms. The third-order valence-corrected chi connectivity index (χ3v) is 3.76. The van der Waals surface area contributed by atoms with Crippen LogP contribution in [0.1, 0.15) is 18.4 Å². The number of pyridine rings is 1. The monoisotopic (exact) mass is 263 g/mol. The fourth-order valence-corrected chi connectivity index (χ4v) is 2.54. The molecule has 4 heteroatoms. The number of ether oxygens (including phenoxy) is 1. The van der Waals surface area contributed by atoms with E-state index >= 15 is 0 Å². The van der Waals surface area contributed by atoms with Gasteiger partial charge < -0.3 is 15.0 Å². The van der Waals surface area contributed by atoms with Gasteiger partial charge in [0.05, 0.1) is 6.61 Å². The number of hydrogen-bond donors (Lipinski definition) is 1. The molecule has 1 aliphatic rings. The van der Waals surface area contributed by atoms with Crippen LogP contribution in [-0.4, -0.2) is 44.9 Å². The number of piperidine rings is 1. The van der Waals surface area contributed by atoms with Crippen molar-refractivity contribution in [3.63, 3.8) is 0 Å². The van der Waals surface area contributed by atoms with Gasteiger partial charge in [0.2, 0.25) is 0 Å². The minimum atomic E-state index is 0.790. The molecule has 0 amide bonds. The molecule has 0 aromatic carbocycles. The summed E-state index contributed by atoms with van der Waals surface area (Å²) >= 11 is 0. The molecular weight excluding hydrogens is 238 g/mol. The maximum Gasteiger partial charge on any atom is 0.128 e. The highest BCUT2D eigenvalue weighted by molar-refractivity contribution is 5.40. The van der Waals surface area contributed by atoms with E-state index in [0.717, 1.165) is 44.5 Å². The molecule has 0 atom stereocenters. The predicted molar refractivity (Wildman–Crippen MR) is 78.7 cm³/mol. The number of aromatic nitrogens is 1. The standard InChI is InChI=1S/C15H25N3O/c1-13-3-6-17-15(11-13)18-8-4-14(5-9-18)12-16-7-10-19-2/h3,6,11,14,16H,4-5,7-10,12H2,1-2H3. The molecule has 19 heavy (non-hydrogen) atoms. The third kappa shape index (κ3) is 4.48. The van der Waals surface area contributed by atoms with Crippen LogP contribution in [0.15, 0.2) is 18.3 Å². The molecule has 1 aliphatic heterocycles. The van der Waals surface area contributed by atoms with Crippen molar-refractivity contribution in [1.82, 2.24) is 10.3 Å². The molecule has 0 spiro atoms. The number of methoxy groups -OCH3 is 1. The molecule has 0 unspecified atom stereocenters. The Bertz CT molecular complexity index is 375. The summed E-state index contributed by atoms with van der Waals surface area (Å²) in [6.07, 6.45) is 4.40. The first kappa shape index (κ1) is 14.3. The molecule has 1 saturated heterocycles. The zero-order valence-corrected chi connectivity index (χ0v) is 12.1. The molecule has 1 aromatic heterocycles. The van der Waals surface area contributed by atoms with Crippen molar-refractivity contribution >= 4 is 5.82 Å². The van der Waals surface area contributed by atoms with Gasteiger partial charge in [-0.15, -0.1) is 0 Å². The van der Waals surface area contributed by atoms with Crippen molar-refractivity contribution in [3.05, 3.63) is 23.9 Å². The molecule has 1 N–H and O–H groups in total. The van der Waals surface area contributed by atoms with Crippen LogP contribution in [0.5, 0.6) is 0 Å². The Labute approximate surface area is 116 Å². The van der Waals surface area contributed by atoms with Crippen molar-refractivity contribution in [2.75, 3.05) is 44.8 Å². The number of aryl methyl sites for hydroxylation is 1. The van der Waals surface area contributed by atoms with Crippen LogP contribution in [0.3, 0.4) is 0 Å². The molecule has 0 radical (unpaired) electrons. The second-order valence-corrected chi connectivity index (χ2v) is 5.32. The highest BCUT2D eigenvalue weighted by atomic mass is 16.5. The Balaban J connectivity index is 1.73. The van der Waals surface area contributed by atoms with E-state index in [9.17, 15) is 0 Å². The molecule has 0 aliphatic carbocycles. The first-order chi connectivity index (χ1) is 9.29. The Morgan fingerprint density at radius 3 is 2.89 bits per heavy atom. The minimum absolute atomic E-state index is 0.790. The molecule has 106 valence electrons. The highest BCUT2D eigenvalue weighted by Crippen LogP contribution is 2.21. The number of hydrogen-bond acceptors (Lipinski definition) is 4. The summed E-state index contributed by atoms with van der Waals surface area (Å²) in [6.45, 7) is 7.22. The van der Waals surface area contributed by atoms with Crippen LogP contribution in [0.4, 0.5) is 5.82 Å². The van der Waals surface area contributed by atoms with Crippen molar-refractivity contribution in [2.24, 2.45) is 5.92 Å². The van der Waals surface area contributed by atoms with E-state index in [1.54, 1.807) is 7.11 Å². The fraction of sp³-hybridized carbons (Fsp3) is 0.667. The van der Waals surface area contributed by atoms with Gasteiger partial charge in [0, 0.05) is 32.9 Å². The van der Waals surface area contributed by atoms with Gasteiger partial charge in [-0.3, -0.25) is 0 Å². The Kier molecular flexibility index (Phi) is 5.61. The quantitative estimate of drug-likeness (QED) is 0.795. The summed E-state index contributed by atoms with van der Waals surface area (Å²) in [7, 11) is 1.75. The molecule has 2 heterocycles. The topological polar surface area (TPSA) is 37.4 Å². The normalized spacial score (nSPS) is 16.8. The van der Waals surface area contributed by atoms with Gasteiger partial charge in [-0.25, -0.2) is 4.98 Å². The largest absolute Gasteiger partial charge is 0.383 e. The first-order valence-electron chi connectivity index (χ1n) is 7.17. The predicted octanol–water partition coefficient (Wildman–Crippen LogP) is 1.84. The summed E-state index contributed by atoms with van der Waals surface area (Å²) < 4.78 is 5.04. The first-order valence-corrected chi connectivity index (χ1v) is 7.17. The van der Waals surface area contributed by atoms with Crippen LogP contribution in [-0.2, 0) is 4.74 Å². The van der Waals surface area contributed by atoms with Crippen LogP contribution in [0.2, 0.25) is 0 Å². The number of rotatable bonds is 6. The van der Waals surface area contributed by atoms with E-state index in [1.165, 1.54) is 18.4 Å². The molecule has 4 nitrogen and oxygen atoms in total. The molecule has 1 aromatic rings. The number of nitrogens with one attached hydrogen (secondary N) is 1. The lowest BCUT2D eigenvalue weighted by molar-refractivity contribution is 0.197. The zero-order chi connectivity index (χ0) is 13.5. The second-order valence-electron chi connectivity index (χ2n) is 5.32. The second kappa shape index (κ2) is 7.46. The van der Waals surface area contributed by atoms with E-state index < -0.39 is 0 Å². The molecular formula is C15H25N3O. The fourth-order valence-electron chi connectivity index (χ4n) is 2.54. The van der Waals surface area contributed by atoms with E-state index in [4.69, 9.17) is 4.74 Å². The summed E-state index contributed by atoms with van der Waals surface area (Å²) in [5, 5.41) is 3.46. The molecule has 0 saturated carbocycles. The van der Waals surface area contributed by atoms with Crippen LogP contribution in [0.25, 0.3) is 0 Å². The van der Waals surface area contributed by atoms with E-state index in [1.807, 2.05) is 6.20 Å². The van der Waals surface area contributed by atoms with Gasteiger partial charge in [-0.2, -0.15) is 0 Å². The average Bonchev–Trinajstić information content (AvgIpc) is 2.44. The Morgan fingerprint density at radius 2 is 2.21 bits per heavy atom. The number of nitrogens with zero attached hydrogens (tertiary/aromatic N) is 2. The van der Waals surface area contributed by atoms with Gasteiger partial charge in [0.1, 0.15) is 5.82 Å². The van der Waals surface area contributed by atoms with Crippen molar-refractivity contribution in [3.8, 4) is 0 Å². The van der Waals surface area contributed by atoms with Crippen LogP contribution >= 0.6 is 0 Å². The number of anilines is 1. The lowest BCUT2D eigenvalue weighted by Crippen LogP contribution is -2.38. The highest BCUT2D eigenvalue weighted by Gasteiger charge is 2.19. The van der Waals surface area contributed by atoms with Crippen molar-refractivity contribution in [2.45, 2.75) is 19.8 Å². The van der Waals surface area contributed by atoms with E-state index in [2.05, 4.69) is 34.3 Å². The molecule has 1 fully saturated rings. The smallest absolute Gasteiger partial charge is 0.128 e. The van der Waals surface area contributed by atoms with Crippen molar-refractivity contribution in [1.29, 1.82) is 0 Å². The Morgan fingerprint density at radius 1 is 1.42 bits per heavy atom. The van der Waals surface area contributed by atoms with Gasteiger partial charge in [-0.05, 0) is 49.9 Å². The average molecular weight is 263 g/mol. The van der Waals surface area contributed by atoms with Gasteiger partial charge >= 0.3 is 0 Å². The summed E-state index contributed by atoms with van der Waals surface area (Å²) in [6, 6.07) is 4.23. The summed E-state index contributed by atoms with van der Waals surface area (Å²) in [5.41, 5.74) is 1.29. The lowest BCUT2D eigenvalue weighted by Gasteiger charge is -2.33. The lowest BCUT2D eigenvalue weighted by atomic mass is 9.97. The maximum atomic E-state index is 5.04. The third-order valence-electron chi connectivity index (χ3n) is 3.76. The van der Waals surface area contributed by atoms with Gasteiger partial charge in [0.25, 0.3) is 0 Å². The van der Waals surface area contributed by atoms with Crippen molar-refractivity contribution < 1.29 is 4.74 Å². The molecule has 2 rings (SSSR count). The minimum Gasteiger partial charge on any atom is -0.383 e. The van der Waals surface area contributed by atoms with E-state index in [-0.39, 0.29) is 0 Å². The Hall–Kier alpha value is -1.13. The van der Waals surface area contributed by atoms with Gasteiger partial charge in [-0.1, -0.05) is 0 Å². The summed E-state index contributed by atoms with van der Waals surface area (Å²) in [5.74, 6) is 1.92.